The molecular formula is C39H64N2O7. The number of fused-ring (bicyclic) bond motifs is 4. The second-order valence-corrected chi connectivity index (χ2v) is 19.5. The lowest BCUT2D eigenvalue weighted by Crippen LogP contribution is -2.60. The van der Waals surface area contributed by atoms with Gasteiger partial charge in [0, 0.05) is 18.9 Å². The van der Waals surface area contributed by atoms with Gasteiger partial charge in [-0.05, 0) is 111 Å². The number of carbonyl (C=O) groups is 1. The molecule has 0 bridgehead atoms. The highest BCUT2D eigenvalue weighted by Gasteiger charge is 2.84. The summed E-state index contributed by atoms with van der Waals surface area (Å²) in [5, 5.41) is 26.7. The van der Waals surface area contributed by atoms with E-state index in [9.17, 15) is 15.0 Å². The molecule has 0 aromatic heterocycles. The minimum atomic E-state index is -1.14. The van der Waals surface area contributed by atoms with Crippen LogP contribution in [0.4, 0.5) is 0 Å². The lowest BCUT2D eigenvalue weighted by Gasteiger charge is -2.64. The minimum absolute atomic E-state index is 0.0300. The summed E-state index contributed by atoms with van der Waals surface area (Å²) in [6.45, 7) is 21.4. The van der Waals surface area contributed by atoms with Crippen LogP contribution in [0, 0.1) is 50.7 Å². The Morgan fingerprint density at radius 1 is 1.04 bits per heavy atom. The van der Waals surface area contributed by atoms with Gasteiger partial charge in [0.25, 0.3) is 0 Å². The lowest BCUT2D eigenvalue weighted by molar-refractivity contribution is -0.256. The van der Waals surface area contributed by atoms with E-state index in [0.29, 0.717) is 29.2 Å². The Balaban J connectivity index is 1.03. The first-order chi connectivity index (χ1) is 22.5. The summed E-state index contributed by atoms with van der Waals surface area (Å²) in [6.07, 6.45) is 7.86. The molecule has 5 saturated carbocycles. The molecule has 3 heterocycles. The number of aliphatic hydroxyl groups excluding tert-OH is 1. The predicted octanol–water partition coefficient (Wildman–Crippen LogP) is 4.52. The summed E-state index contributed by atoms with van der Waals surface area (Å²) in [6, 6.07) is -0.0203. The number of amides is 1. The van der Waals surface area contributed by atoms with Gasteiger partial charge in [-0.1, -0.05) is 34.6 Å². The molecule has 48 heavy (non-hydrogen) atoms. The van der Waals surface area contributed by atoms with Crippen molar-refractivity contribution < 1.29 is 34.0 Å². The van der Waals surface area contributed by atoms with E-state index in [0.717, 1.165) is 58.6 Å². The number of carbonyl (C=O) groups excluding carboxylic acids is 1. The van der Waals surface area contributed by atoms with Crippen LogP contribution in [0.1, 0.15) is 107 Å². The summed E-state index contributed by atoms with van der Waals surface area (Å²) in [7, 11) is 0. The molecular weight excluding hydrogens is 608 g/mol. The summed E-state index contributed by atoms with van der Waals surface area (Å²) < 4.78 is 25.5. The minimum Gasteiger partial charge on any atom is -0.390 e. The summed E-state index contributed by atoms with van der Waals surface area (Å²) in [5.41, 5.74) is -0.762. The first kappa shape index (κ1) is 34.3. The van der Waals surface area contributed by atoms with Crippen molar-refractivity contribution in [2.45, 2.75) is 155 Å². The second-order valence-electron chi connectivity index (χ2n) is 19.5. The highest BCUT2D eigenvalue weighted by Crippen LogP contribution is 2.89. The third kappa shape index (κ3) is 4.55. The van der Waals surface area contributed by atoms with Gasteiger partial charge in [0.2, 0.25) is 5.91 Å². The third-order valence-electron chi connectivity index (χ3n) is 16.8. The van der Waals surface area contributed by atoms with Crippen LogP contribution in [0.25, 0.3) is 0 Å². The first-order valence-corrected chi connectivity index (χ1v) is 19.4. The van der Waals surface area contributed by atoms with Crippen molar-refractivity contribution in [2.75, 3.05) is 32.9 Å². The normalized spacial score (nSPS) is 52.1. The molecule has 9 nitrogen and oxygen atoms in total. The number of morpholine rings is 1. The van der Waals surface area contributed by atoms with Gasteiger partial charge in [0.05, 0.1) is 68.5 Å². The molecule has 3 unspecified atom stereocenters. The van der Waals surface area contributed by atoms with E-state index in [1.54, 1.807) is 13.8 Å². The van der Waals surface area contributed by atoms with Gasteiger partial charge in [0.1, 0.15) is 0 Å². The van der Waals surface area contributed by atoms with Crippen LogP contribution < -0.4 is 5.32 Å². The molecule has 3 aliphatic heterocycles. The molecule has 0 aromatic carbocycles. The van der Waals surface area contributed by atoms with Crippen molar-refractivity contribution in [3.63, 3.8) is 0 Å². The van der Waals surface area contributed by atoms with Gasteiger partial charge in [-0.25, -0.2) is 0 Å². The van der Waals surface area contributed by atoms with Crippen LogP contribution >= 0.6 is 0 Å². The van der Waals surface area contributed by atoms with E-state index in [-0.39, 0.29) is 58.1 Å². The second kappa shape index (κ2) is 11.1. The largest absolute Gasteiger partial charge is 0.390 e. The number of hydrogen-bond acceptors (Lipinski definition) is 8. The molecule has 0 aromatic rings. The Bertz CT molecular complexity index is 1280. The van der Waals surface area contributed by atoms with Crippen molar-refractivity contribution in [1.82, 2.24) is 10.2 Å². The van der Waals surface area contributed by atoms with Crippen molar-refractivity contribution in [2.24, 2.45) is 50.7 Å². The summed E-state index contributed by atoms with van der Waals surface area (Å²) in [4.78, 5) is 14.7. The lowest BCUT2D eigenvalue weighted by atomic mass is 9.41. The maximum atomic E-state index is 12.6. The fraction of sp³-hybridized carbons (Fsp3) is 0.974. The predicted molar refractivity (Wildman–Crippen MR) is 181 cm³/mol. The Morgan fingerprint density at radius 2 is 1.75 bits per heavy atom. The highest BCUT2D eigenvalue weighted by atomic mass is 16.7. The SMILES string of the molecule is CC(=O)N[C@@H]([C@H]1C[C@@H](C)[C@H]2[C@H](O1)[C@H](O)[C@@]1(C)[C@@H]3CCC4C(C)(C)[C@@H](OC5CN(C6COC6)CCO5)CC[C@@]45CC35CC[C@]21C)C(C)(C)O. The van der Waals surface area contributed by atoms with E-state index >= 15 is 0 Å². The molecule has 14 atom stereocenters. The molecule has 9 heteroatoms. The summed E-state index contributed by atoms with van der Waals surface area (Å²) in [5.74, 6) is 1.47. The molecule has 2 spiro atoms. The van der Waals surface area contributed by atoms with Crippen molar-refractivity contribution >= 4 is 5.91 Å². The van der Waals surface area contributed by atoms with Gasteiger partial charge < -0.3 is 34.5 Å². The molecule has 8 rings (SSSR count). The number of hydrogen-bond donors (Lipinski definition) is 3. The topological polar surface area (TPSA) is 110 Å². The Morgan fingerprint density at radius 3 is 2.42 bits per heavy atom. The van der Waals surface area contributed by atoms with Crippen LogP contribution in [-0.4, -0.2) is 102 Å². The molecule has 3 N–H and O–H groups in total. The van der Waals surface area contributed by atoms with Gasteiger partial charge in [-0.2, -0.15) is 0 Å². The number of ether oxygens (including phenoxy) is 4. The van der Waals surface area contributed by atoms with Crippen molar-refractivity contribution in [3.8, 4) is 0 Å². The van der Waals surface area contributed by atoms with Crippen molar-refractivity contribution in [3.05, 3.63) is 0 Å². The zero-order valence-corrected chi connectivity index (χ0v) is 30.9. The monoisotopic (exact) mass is 672 g/mol. The maximum Gasteiger partial charge on any atom is 0.217 e. The number of rotatable bonds is 6. The number of nitrogens with zero attached hydrogens (tertiary/aromatic N) is 1. The molecule has 3 saturated heterocycles. The molecule has 272 valence electrons. The van der Waals surface area contributed by atoms with E-state index in [4.69, 9.17) is 18.9 Å². The Hall–Kier alpha value is -0.810. The van der Waals surface area contributed by atoms with E-state index in [1.165, 1.54) is 32.6 Å². The summed E-state index contributed by atoms with van der Waals surface area (Å²) >= 11 is 0. The van der Waals surface area contributed by atoms with Crippen molar-refractivity contribution in [1.29, 1.82) is 0 Å². The number of nitrogens with one attached hydrogen (secondary N) is 1. The van der Waals surface area contributed by atoms with E-state index in [2.05, 4.69) is 44.8 Å². The van der Waals surface area contributed by atoms with Gasteiger partial charge in [-0.15, -0.1) is 0 Å². The fourth-order valence-corrected chi connectivity index (χ4v) is 14.4. The molecule has 1 amide bonds. The van der Waals surface area contributed by atoms with E-state index in [1.807, 2.05) is 0 Å². The molecule has 8 aliphatic rings. The van der Waals surface area contributed by atoms with Crippen LogP contribution in [0.15, 0.2) is 0 Å². The average molecular weight is 673 g/mol. The zero-order chi connectivity index (χ0) is 34.2. The molecule has 8 fully saturated rings. The zero-order valence-electron chi connectivity index (χ0n) is 30.9. The molecule has 5 aliphatic carbocycles. The standard InChI is InChI=1S/C39H64N2O7/c1-22-17-25(32(35(5,6)44)40-23(2)42)47-31-30(22)36(7)13-14-39-21-38(39)12-11-28(48-29-18-41(15-16-46-29)24-19-45-20-24)34(3,4)26(38)9-10-27(39)37(36,8)33(31)43/h22,24-33,43-44H,9-21H2,1-8H3,(H,40,42)/t22-,25-,26?,27+,28+,29?,30+,31+,32+,33+,36-,37-,38-,39?/m1/s1. The van der Waals surface area contributed by atoms with Crippen LogP contribution in [0.3, 0.4) is 0 Å². The van der Waals surface area contributed by atoms with Crippen LogP contribution in [-0.2, 0) is 23.7 Å². The maximum absolute atomic E-state index is 12.6. The highest BCUT2D eigenvalue weighted by molar-refractivity contribution is 5.73. The van der Waals surface area contributed by atoms with Gasteiger partial charge in [0.15, 0.2) is 6.29 Å². The number of aliphatic hydroxyl groups is 2. The quantitative estimate of drug-likeness (QED) is 0.378. The van der Waals surface area contributed by atoms with Gasteiger partial charge in [-0.3, -0.25) is 9.69 Å². The Kier molecular flexibility index (Phi) is 7.93. The molecule has 0 radical (unpaired) electrons. The fourth-order valence-electron chi connectivity index (χ4n) is 14.4. The third-order valence-corrected chi connectivity index (χ3v) is 16.8. The Labute approximate surface area is 288 Å². The first-order valence-electron chi connectivity index (χ1n) is 19.4. The van der Waals surface area contributed by atoms with Crippen LogP contribution in [0.5, 0.6) is 0 Å². The average Bonchev–Trinajstić information content (AvgIpc) is 3.61. The van der Waals surface area contributed by atoms with Crippen LogP contribution in [0.2, 0.25) is 0 Å². The van der Waals surface area contributed by atoms with E-state index < -0.39 is 17.7 Å². The van der Waals surface area contributed by atoms with Gasteiger partial charge >= 0.3 is 0 Å². The smallest absolute Gasteiger partial charge is 0.217 e.